The van der Waals surface area contributed by atoms with Crippen molar-refractivity contribution in [1.29, 1.82) is 0 Å². The van der Waals surface area contributed by atoms with E-state index in [-0.39, 0.29) is 11.8 Å². The van der Waals surface area contributed by atoms with Gasteiger partial charge < -0.3 is 9.80 Å². The molecule has 2 amide bonds. The van der Waals surface area contributed by atoms with E-state index in [9.17, 15) is 9.59 Å². The summed E-state index contributed by atoms with van der Waals surface area (Å²) in [6, 6.07) is 8.57. The van der Waals surface area contributed by atoms with Gasteiger partial charge in [-0.25, -0.2) is 0 Å². The van der Waals surface area contributed by atoms with Gasteiger partial charge in [-0.1, -0.05) is 91.9 Å². The van der Waals surface area contributed by atoms with Crippen molar-refractivity contribution in [2.45, 2.75) is 133 Å². The molecule has 326 valence electrons. The second kappa shape index (κ2) is 19.3. The van der Waals surface area contributed by atoms with E-state index in [1.807, 2.05) is 49.9 Å². The van der Waals surface area contributed by atoms with Crippen LogP contribution in [0.2, 0.25) is 14.8 Å². The van der Waals surface area contributed by atoms with Crippen molar-refractivity contribution in [3.05, 3.63) is 60.1 Å². The first-order valence-electron chi connectivity index (χ1n) is 22.5. The summed E-state index contributed by atoms with van der Waals surface area (Å²) in [7, 11) is 0. The van der Waals surface area contributed by atoms with Gasteiger partial charge in [-0.15, -0.1) is 11.3 Å². The molecule has 61 heavy (non-hydrogen) atoms. The second-order valence-electron chi connectivity index (χ2n) is 19.1. The van der Waals surface area contributed by atoms with Gasteiger partial charge in [-0.3, -0.25) is 9.59 Å². The number of hydrogen-bond donors (Lipinski definition) is 0. The molecular weight excluding hydrogens is 1040 g/mol. The summed E-state index contributed by atoms with van der Waals surface area (Å²) < 4.78 is 11.5. The maximum atomic E-state index is 14.9. The van der Waals surface area contributed by atoms with Gasteiger partial charge in [0.25, 0.3) is 11.8 Å². The Kier molecular flexibility index (Phi) is 14.6. The van der Waals surface area contributed by atoms with Crippen LogP contribution in [0.5, 0.6) is 0 Å². The molecule has 0 atom stereocenters. The molecule has 8 rings (SSSR count). The number of hydrogen-bond acceptors (Lipinski definition) is 8. The van der Waals surface area contributed by atoms with Crippen molar-refractivity contribution in [3.8, 4) is 9.75 Å². The van der Waals surface area contributed by atoms with Crippen molar-refractivity contribution in [2.75, 3.05) is 13.1 Å². The van der Waals surface area contributed by atoms with Gasteiger partial charge in [0.05, 0.1) is 25.5 Å². The molecule has 2 aliphatic rings. The van der Waals surface area contributed by atoms with E-state index >= 15 is 0 Å². The number of rotatable bonds is 20. The zero-order chi connectivity index (χ0) is 43.3. The van der Waals surface area contributed by atoms with E-state index in [0.717, 1.165) is 62.5 Å². The quantitative estimate of drug-likeness (QED) is 0.0565. The third-order valence-corrected chi connectivity index (χ3v) is 30.8. The fourth-order valence-corrected chi connectivity index (χ4v) is 25.2. The zero-order valence-electron chi connectivity index (χ0n) is 37.4. The Morgan fingerprint density at radius 2 is 0.967 bits per heavy atom. The van der Waals surface area contributed by atoms with Crippen molar-refractivity contribution in [3.63, 3.8) is 0 Å². The van der Waals surface area contributed by atoms with E-state index in [4.69, 9.17) is 0 Å². The molecule has 8 heterocycles. The zero-order valence-corrected chi connectivity index (χ0v) is 46.7. The van der Waals surface area contributed by atoms with Crippen molar-refractivity contribution >= 4 is 157 Å². The number of fused-ring (bicyclic) bond motifs is 6. The summed E-state index contributed by atoms with van der Waals surface area (Å²) in [5, 5.41) is 0. The van der Waals surface area contributed by atoms with Crippen LogP contribution in [0.15, 0.2) is 39.2 Å². The van der Waals surface area contributed by atoms with Crippen LogP contribution in [0.1, 0.15) is 126 Å². The van der Waals surface area contributed by atoms with E-state index in [0.29, 0.717) is 24.2 Å². The predicted octanol–water partition coefficient (Wildman–Crippen LogP) is 16.9. The normalized spacial score (nSPS) is 15.1. The van der Waals surface area contributed by atoms with Gasteiger partial charge in [0, 0.05) is 13.1 Å². The van der Waals surface area contributed by atoms with E-state index in [1.54, 1.807) is 25.6 Å². The number of halogens is 1. The summed E-state index contributed by atoms with van der Waals surface area (Å²) in [5.74, 6) is 1.46. The topological polar surface area (TPSA) is 40.6 Å². The van der Waals surface area contributed by atoms with Gasteiger partial charge in [-0.05, 0) is 52.7 Å². The first-order valence-corrected chi connectivity index (χ1v) is 38.2. The molecule has 6 aromatic rings. The summed E-state index contributed by atoms with van der Waals surface area (Å²) in [5.41, 5.74) is 5.77. The molecule has 0 aliphatic carbocycles. The van der Waals surface area contributed by atoms with Crippen LogP contribution in [0.3, 0.4) is 0 Å². The molecule has 0 unspecified atom stereocenters. The van der Waals surface area contributed by atoms with Crippen LogP contribution < -0.4 is 2.89 Å². The summed E-state index contributed by atoms with van der Waals surface area (Å²) >= 11 is 12.9. The van der Waals surface area contributed by atoms with Crippen LogP contribution in [0.4, 0.5) is 0 Å². The Hall–Kier alpha value is -1.32. The first-order chi connectivity index (χ1) is 29.1. The minimum absolute atomic E-state index is 0.00867. The third kappa shape index (κ3) is 9.26. The Balaban J connectivity index is 1.14. The Labute approximate surface area is 400 Å². The van der Waals surface area contributed by atoms with E-state index in [1.165, 1.54) is 100 Å². The van der Waals surface area contributed by atoms with E-state index < -0.39 is 18.4 Å². The molecule has 0 saturated carbocycles. The van der Waals surface area contributed by atoms with Crippen molar-refractivity contribution in [1.82, 2.24) is 9.80 Å². The number of amides is 2. The average Bonchev–Trinajstić information content (AvgIpc) is 4.07. The fourth-order valence-electron chi connectivity index (χ4n) is 9.16. The standard InChI is InChI=1S/C46H52BrN2O2S6.3CH3.Sn/c1-26(2)17-13-9-7-11-15-23-48-36(30-19-20-32(53-30)39-29(6)40-42(56-39)44-43(57-40)41-38(55-44)28(5)25-52-41)34-35(46(48)51)37(31-21-22-33(47)54-31)49(45(34)50)24-16-12-8-10-14-18-27(3)4;;;;/h19-22,26-27H,7-18,23-24H2,1-6H3;3*1H3;. The summed E-state index contributed by atoms with van der Waals surface area (Å²) in [4.78, 5) is 46.0. The first kappa shape index (κ1) is 46.2. The molecule has 0 N–H and O–H groups in total. The van der Waals surface area contributed by atoms with Gasteiger partial charge in [0.1, 0.15) is 0 Å². The van der Waals surface area contributed by atoms with Gasteiger partial charge >= 0.3 is 178 Å². The molecule has 0 aromatic carbocycles. The van der Waals surface area contributed by atoms with Crippen LogP contribution in [0, 0.1) is 25.7 Å². The monoisotopic (exact) mass is 1100 g/mol. The summed E-state index contributed by atoms with van der Waals surface area (Å²) in [6.07, 6.45) is 13.9. The molecule has 2 aliphatic heterocycles. The number of nitrogens with zero attached hydrogens (tertiary/aromatic N) is 2. The van der Waals surface area contributed by atoms with E-state index in [2.05, 4.69) is 102 Å². The molecule has 12 heteroatoms. The van der Waals surface area contributed by atoms with Crippen LogP contribution >= 0.6 is 84.0 Å². The summed E-state index contributed by atoms with van der Waals surface area (Å²) in [6.45, 7) is 15.1. The number of unbranched alkanes of at least 4 members (excludes halogenated alkanes) is 8. The van der Waals surface area contributed by atoms with Crippen molar-refractivity contribution < 1.29 is 9.59 Å². The van der Waals surface area contributed by atoms with Crippen molar-refractivity contribution in [2.24, 2.45) is 11.8 Å². The molecule has 0 fully saturated rings. The van der Waals surface area contributed by atoms with Gasteiger partial charge in [0.15, 0.2) is 0 Å². The Morgan fingerprint density at radius 3 is 1.48 bits per heavy atom. The number of carbonyl (C=O) groups excluding carboxylic acids is 2. The van der Waals surface area contributed by atoms with Crippen LogP contribution in [-0.4, -0.2) is 53.1 Å². The number of thiophene rings is 6. The third-order valence-electron chi connectivity index (χ3n) is 12.3. The van der Waals surface area contributed by atoms with Gasteiger partial charge in [-0.2, -0.15) is 0 Å². The Morgan fingerprint density at radius 1 is 0.525 bits per heavy atom. The van der Waals surface area contributed by atoms with Crippen LogP contribution in [-0.2, 0) is 9.59 Å². The average molecular weight is 1100 g/mol. The Bertz CT molecular complexity index is 2650. The molecular formula is C49H61BrN2O2S6Sn. The fraction of sp³-hybridized carbons (Fsp3) is 0.510. The predicted molar refractivity (Wildman–Crippen MR) is 281 cm³/mol. The number of carbonyl (C=O) groups is 2. The second-order valence-corrected chi connectivity index (χ2v) is 42.0. The molecule has 0 radical (unpaired) electrons. The molecule has 4 nitrogen and oxygen atoms in total. The van der Waals surface area contributed by atoms with Gasteiger partial charge in [0.2, 0.25) is 0 Å². The molecule has 0 saturated heterocycles. The molecule has 0 spiro atoms. The van der Waals surface area contributed by atoms with Crippen LogP contribution in [0.25, 0.3) is 49.3 Å². The molecule has 0 bridgehead atoms. The molecule has 6 aromatic heterocycles. The SMILES string of the molecule is Cc1c(-c2ccc(C3=C4C(=O)N(CCCCCCCC(C)C)C(c5ccc(Br)s5)=C4C(=O)N3CCCCCCCC(C)C)s2)sc2c1sc1c3s[c]([Sn]([CH3])([CH3])[CH3])c(C)c3sc21. The number of aryl methyl sites for hydroxylation is 2. The minimum atomic E-state index is -2.21. The maximum absolute atomic E-state index is 14.9.